The third kappa shape index (κ3) is 4.86. The smallest absolute Gasteiger partial charge is 0.324 e. The van der Waals surface area contributed by atoms with Crippen LogP contribution in [0.15, 0.2) is 48.9 Å². The summed E-state index contributed by atoms with van der Waals surface area (Å²) in [5.41, 5.74) is 2.88. The zero-order chi connectivity index (χ0) is 21.8. The first kappa shape index (κ1) is 20.9. The van der Waals surface area contributed by atoms with Gasteiger partial charge in [-0.2, -0.15) is 0 Å². The third-order valence-corrected chi connectivity index (χ3v) is 5.58. The van der Waals surface area contributed by atoms with Crippen LogP contribution in [0.2, 0.25) is 5.02 Å². The molecule has 0 aliphatic carbocycles. The van der Waals surface area contributed by atoms with Crippen molar-refractivity contribution in [3.63, 3.8) is 0 Å². The molecule has 0 bridgehead atoms. The Morgan fingerprint density at radius 1 is 1.19 bits per heavy atom. The van der Waals surface area contributed by atoms with Crippen LogP contribution in [-0.4, -0.2) is 45.3 Å². The van der Waals surface area contributed by atoms with Gasteiger partial charge in [0.05, 0.1) is 0 Å². The molecule has 1 aliphatic rings. The van der Waals surface area contributed by atoms with Crippen molar-refractivity contribution in [3.05, 3.63) is 65.1 Å². The molecule has 0 radical (unpaired) electrons. The fraction of sp³-hybridized carbons (Fsp3) is 0.273. The van der Waals surface area contributed by atoms with Crippen LogP contribution in [0.5, 0.6) is 0 Å². The average Bonchev–Trinajstić information content (AvgIpc) is 3.29. The van der Waals surface area contributed by atoms with Crippen LogP contribution in [0.4, 0.5) is 4.79 Å². The number of amides is 4. The molecule has 0 unspecified atom stereocenters. The molecule has 0 saturated carbocycles. The number of hydrogen-bond donors (Lipinski definition) is 3. The number of aromatic amines is 1. The lowest BCUT2D eigenvalue weighted by atomic mass is 10.1. The van der Waals surface area contributed by atoms with Crippen LogP contribution >= 0.6 is 11.6 Å². The summed E-state index contributed by atoms with van der Waals surface area (Å²) in [6.45, 7) is 0.655. The zero-order valence-corrected chi connectivity index (χ0v) is 17.5. The van der Waals surface area contributed by atoms with Gasteiger partial charge in [0.2, 0.25) is 5.91 Å². The maximum atomic E-state index is 12.7. The van der Waals surface area contributed by atoms with Crippen molar-refractivity contribution >= 4 is 40.3 Å². The Labute approximate surface area is 184 Å². The number of carbonyl (C=O) groups excluding carboxylic acids is 3. The molecule has 1 aromatic carbocycles. The largest absolute Gasteiger partial charge is 0.361 e. The number of aromatic nitrogens is 2. The van der Waals surface area contributed by atoms with Crippen LogP contribution in [-0.2, 0) is 22.6 Å². The molecule has 3 heterocycles. The number of hydrogen-bond acceptors (Lipinski definition) is 4. The van der Waals surface area contributed by atoms with E-state index in [-0.39, 0.29) is 31.2 Å². The van der Waals surface area contributed by atoms with Crippen LogP contribution in [0, 0.1) is 0 Å². The van der Waals surface area contributed by atoms with Gasteiger partial charge in [0, 0.05) is 54.0 Å². The normalized spacial score (nSPS) is 16.0. The van der Waals surface area contributed by atoms with E-state index in [1.54, 1.807) is 18.5 Å². The number of fused-ring (bicyclic) bond motifs is 1. The van der Waals surface area contributed by atoms with Gasteiger partial charge in [0.25, 0.3) is 5.91 Å². The molecular formula is C22H22ClN5O3. The van der Waals surface area contributed by atoms with Crippen molar-refractivity contribution < 1.29 is 14.4 Å². The number of halogens is 1. The molecule has 3 aromatic rings. The van der Waals surface area contributed by atoms with Crippen LogP contribution in [0.25, 0.3) is 10.9 Å². The molecule has 160 valence electrons. The fourth-order valence-electron chi connectivity index (χ4n) is 3.64. The molecular weight excluding hydrogens is 418 g/mol. The van der Waals surface area contributed by atoms with Crippen molar-refractivity contribution in [1.82, 2.24) is 25.5 Å². The third-order valence-electron chi connectivity index (χ3n) is 5.34. The summed E-state index contributed by atoms with van der Waals surface area (Å²) in [6, 6.07) is 8.09. The van der Waals surface area contributed by atoms with Gasteiger partial charge in [0.15, 0.2) is 0 Å². The van der Waals surface area contributed by atoms with Crippen LogP contribution in [0.1, 0.15) is 24.0 Å². The van der Waals surface area contributed by atoms with Gasteiger partial charge in [-0.3, -0.25) is 19.5 Å². The summed E-state index contributed by atoms with van der Waals surface area (Å²) in [5.74, 6) is -0.474. The lowest BCUT2D eigenvalue weighted by Crippen LogP contribution is -2.33. The predicted molar refractivity (Wildman–Crippen MR) is 116 cm³/mol. The first-order valence-corrected chi connectivity index (χ1v) is 10.4. The average molecular weight is 440 g/mol. The van der Waals surface area contributed by atoms with Gasteiger partial charge in [-0.25, -0.2) is 4.79 Å². The van der Waals surface area contributed by atoms with Gasteiger partial charge >= 0.3 is 6.03 Å². The Bertz CT molecular complexity index is 1110. The lowest BCUT2D eigenvalue weighted by Gasteiger charge is -2.13. The molecule has 4 rings (SSSR count). The van der Waals surface area contributed by atoms with Crippen molar-refractivity contribution in [2.45, 2.75) is 31.8 Å². The van der Waals surface area contributed by atoms with E-state index in [2.05, 4.69) is 20.6 Å². The minimum Gasteiger partial charge on any atom is -0.361 e. The topological polar surface area (TPSA) is 107 Å². The molecule has 8 nitrogen and oxygen atoms in total. The maximum absolute atomic E-state index is 12.7. The van der Waals surface area contributed by atoms with E-state index >= 15 is 0 Å². The molecule has 4 amide bonds. The van der Waals surface area contributed by atoms with E-state index in [1.807, 2.05) is 30.5 Å². The molecule has 1 fully saturated rings. The predicted octanol–water partition coefficient (Wildman–Crippen LogP) is 2.78. The second kappa shape index (κ2) is 9.18. The van der Waals surface area contributed by atoms with E-state index in [4.69, 9.17) is 11.6 Å². The van der Waals surface area contributed by atoms with E-state index in [0.717, 1.165) is 22.0 Å². The van der Waals surface area contributed by atoms with Gasteiger partial charge in [-0.15, -0.1) is 0 Å². The van der Waals surface area contributed by atoms with Crippen molar-refractivity contribution in [1.29, 1.82) is 0 Å². The van der Waals surface area contributed by atoms with Crippen molar-refractivity contribution in [3.8, 4) is 0 Å². The second-order valence-electron chi connectivity index (χ2n) is 7.42. The number of urea groups is 1. The molecule has 2 aromatic heterocycles. The fourth-order valence-corrected chi connectivity index (χ4v) is 3.81. The number of nitrogens with zero attached hydrogens (tertiary/aromatic N) is 2. The number of pyridine rings is 1. The Morgan fingerprint density at radius 2 is 2.00 bits per heavy atom. The summed E-state index contributed by atoms with van der Waals surface area (Å²) >= 11 is 6.08. The number of carbonyl (C=O) groups is 3. The summed E-state index contributed by atoms with van der Waals surface area (Å²) in [4.78, 5) is 45.4. The van der Waals surface area contributed by atoms with Gasteiger partial charge < -0.3 is 15.6 Å². The van der Waals surface area contributed by atoms with Gasteiger partial charge in [0.1, 0.15) is 6.04 Å². The van der Waals surface area contributed by atoms with E-state index in [9.17, 15) is 14.4 Å². The van der Waals surface area contributed by atoms with Crippen molar-refractivity contribution in [2.24, 2.45) is 0 Å². The Kier molecular flexibility index (Phi) is 6.18. The summed E-state index contributed by atoms with van der Waals surface area (Å²) in [5, 5.41) is 7.09. The minimum atomic E-state index is -0.684. The first-order valence-electron chi connectivity index (χ1n) is 10.0. The minimum absolute atomic E-state index is 0.149. The highest BCUT2D eigenvalue weighted by atomic mass is 35.5. The zero-order valence-electron chi connectivity index (χ0n) is 16.7. The molecule has 1 atom stereocenters. The highest BCUT2D eigenvalue weighted by Gasteiger charge is 2.37. The maximum Gasteiger partial charge on any atom is 0.324 e. The van der Waals surface area contributed by atoms with E-state index in [0.29, 0.717) is 18.0 Å². The highest BCUT2D eigenvalue weighted by molar-refractivity contribution is 6.31. The van der Waals surface area contributed by atoms with Gasteiger partial charge in [-0.05, 0) is 54.3 Å². The van der Waals surface area contributed by atoms with Crippen molar-refractivity contribution in [2.75, 3.05) is 6.54 Å². The summed E-state index contributed by atoms with van der Waals surface area (Å²) < 4.78 is 0. The quantitative estimate of drug-likeness (QED) is 0.469. The summed E-state index contributed by atoms with van der Waals surface area (Å²) in [7, 11) is 0. The Morgan fingerprint density at radius 3 is 2.81 bits per heavy atom. The molecule has 9 heteroatoms. The number of imide groups is 1. The second-order valence-corrected chi connectivity index (χ2v) is 7.85. The lowest BCUT2D eigenvalue weighted by molar-refractivity contribution is -0.127. The molecule has 3 N–H and O–H groups in total. The SMILES string of the molecule is O=C(CC[C@H]1NC(=O)N(CCc2c[nH]c3ccc(Cl)cc23)C1=O)NCc1ccncc1. The number of nitrogens with one attached hydrogen (secondary N) is 3. The van der Waals surface area contributed by atoms with Crippen LogP contribution in [0.3, 0.4) is 0 Å². The van der Waals surface area contributed by atoms with Crippen LogP contribution < -0.4 is 10.6 Å². The standard InChI is InChI=1S/C22H22ClN5O3/c23-16-1-2-18-17(11-16)15(13-25-18)7-10-28-21(30)19(27-22(28)31)3-4-20(29)26-12-14-5-8-24-9-6-14/h1-2,5-6,8-9,11,13,19,25H,3-4,7,10,12H2,(H,26,29)(H,27,31)/t19-/m1/s1. The number of benzene rings is 1. The van der Waals surface area contributed by atoms with Gasteiger partial charge in [-0.1, -0.05) is 11.6 Å². The molecule has 1 saturated heterocycles. The number of H-pyrrole nitrogens is 1. The first-order chi connectivity index (χ1) is 15.0. The monoisotopic (exact) mass is 439 g/mol. The highest BCUT2D eigenvalue weighted by Crippen LogP contribution is 2.23. The number of rotatable bonds is 8. The van der Waals surface area contributed by atoms with E-state index in [1.165, 1.54) is 4.90 Å². The summed E-state index contributed by atoms with van der Waals surface area (Å²) in [6.07, 6.45) is 6.10. The molecule has 0 spiro atoms. The Hall–Kier alpha value is -3.39. The van der Waals surface area contributed by atoms with E-state index < -0.39 is 12.1 Å². The molecule has 31 heavy (non-hydrogen) atoms. The Balaban J connectivity index is 1.28. The molecule has 1 aliphatic heterocycles.